The van der Waals surface area contributed by atoms with Gasteiger partial charge < -0.3 is 19.6 Å². The molecule has 3 heterocycles. The number of aromatic amines is 1. The van der Waals surface area contributed by atoms with E-state index >= 15 is 0 Å². The number of carbonyl (C=O) groups excluding carboxylic acids is 1. The molecule has 1 amide bonds. The van der Waals surface area contributed by atoms with Gasteiger partial charge in [-0.3, -0.25) is 9.78 Å². The molecule has 0 bridgehead atoms. The zero-order valence-electron chi connectivity index (χ0n) is 24.8. The first-order chi connectivity index (χ1) is 21.7. The Hall–Kier alpha value is -5.24. The van der Waals surface area contributed by atoms with Gasteiger partial charge in [-0.25, -0.2) is 0 Å². The Morgan fingerprint density at radius 3 is 2.45 bits per heavy atom. The lowest BCUT2D eigenvalue weighted by molar-refractivity contribution is -0.121. The average Bonchev–Trinajstić information content (AvgIpc) is 3.67. The Morgan fingerprint density at radius 2 is 1.66 bits per heavy atom. The van der Waals surface area contributed by atoms with E-state index in [0.29, 0.717) is 25.8 Å². The van der Waals surface area contributed by atoms with Crippen LogP contribution < -0.4 is 10.1 Å². The van der Waals surface area contributed by atoms with Crippen molar-refractivity contribution in [2.24, 2.45) is 0 Å². The third-order valence-corrected chi connectivity index (χ3v) is 7.95. The highest BCUT2D eigenvalue weighted by Gasteiger charge is 2.25. The molecule has 8 nitrogen and oxygen atoms in total. The van der Waals surface area contributed by atoms with Gasteiger partial charge in [-0.15, -0.1) is 10.2 Å². The number of hydrogen-bond donors (Lipinski definition) is 2. The molecule has 1 unspecified atom stereocenters. The van der Waals surface area contributed by atoms with Crippen molar-refractivity contribution in [3.63, 3.8) is 0 Å². The molecule has 0 aliphatic rings. The topological polar surface area (TPSA) is 97.7 Å². The summed E-state index contributed by atoms with van der Waals surface area (Å²) in [5, 5.41) is 13.9. The first kappa shape index (κ1) is 28.9. The van der Waals surface area contributed by atoms with Crippen molar-refractivity contribution >= 4 is 16.8 Å². The maximum absolute atomic E-state index is 13.4. The van der Waals surface area contributed by atoms with Gasteiger partial charge in [0.25, 0.3) is 0 Å². The van der Waals surface area contributed by atoms with Gasteiger partial charge in [-0.1, -0.05) is 66.7 Å². The van der Waals surface area contributed by atoms with Crippen molar-refractivity contribution in [2.45, 2.75) is 44.7 Å². The lowest BCUT2D eigenvalue weighted by Crippen LogP contribution is -2.32. The van der Waals surface area contributed by atoms with Crippen LogP contribution in [0.5, 0.6) is 5.75 Å². The summed E-state index contributed by atoms with van der Waals surface area (Å²) in [6.45, 7) is 0.576. The Bertz CT molecular complexity index is 1800. The fourth-order valence-electron chi connectivity index (χ4n) is 5.58. The Labute approximate surface area is 257 Å². The molecule has 44 heavy (non-hydrogen) atoms. The summed E-state index contributed by atoms with van der Waals surface area (Å²) in [6.07, 6.45) is 8.67. The van der Waals surface area contributed by atoms with Gasteiger partial charge in [0.1, 0.15) is 11.6 Å². The van der Waals surface area contributed by atoms with Crippen LogP contribution >= 0.6 is 0 Å². The molecular weight excluding hydrogens is 548 g/mol. The molecule has 3 aromatic carbocycles. The molecule has 0 saturated heterocycles. The maximum Gasteiger partial charge on any atom is 0.220 e. The highest BCUT2D eigenvalue weighted by molar-refractivity contribution is 5.83. The molecule has 0 aliphatic heterocycles. The van der Waals surface area contributed by atoms with Crippen LogP contribution in [0.15, 0.2) is 110 Å². The molecule has 222 valence electrons. The quantitative estimate of drug-likeness (QED) is 0.173. The van der Waals surface area contributed by atoms with Crippen molar-refractivity contribution in [1.82, 2.24) is 30.0 Å². The number of hydrogen-bond acceptors (Lipinski definition) is 5. The van der Waals surface area contributed by atoms with Crippen molar-refractivity contribution in [2.75, 3.05) is 7.11 Å². The van der Waals surface area contributed by atoms with Crippen LogP contribution in [0.1, 0.15) is 46.4 Å². The molecular formula is C36H36N6O2. The third-order valence-electron chi connectivity index (χ3n) is 7.95. The zero-order valence-corrected chi connectivity index (χ0v) is 24.8. The summed E-state index contributed by atoms with van der Waals surface area (Å²) in [4.78, 5) is 21.0. The SMILES string of the molecule is COc1ccc(Cn2c(CCc3ccccc3)nnc2C(Cc2c[nH]c3ccccc23)NC(=O)CCc2cccnc2)cc1. The lowest BCUT2D eigenvalue weighted by atomic mass is 10.0. The number of aryl methyl sites for hydroxylation is 3. The van der Waals surface area contributed by atoms with Gasteiger partial charge >= 0.3 is 0 Å². The van der Waals surface area contributed by atoms with Gasteiger partial charge in [0.05, 0.1) is 19.7 Å². The number of rotatable bonds is 13. The number of aromatic nitrogens is 5. The van der Waals surface area contributed by atoms with Crippen molar-refractivity contribution in [3.8, 4) is 5.75 Å². The lowest BCUT2D eigenvalue weighted by Gasteiger charge is -2.20. The second-order valence-corrected chi connectivity index (χ2v) is 10.9. The fourth-order valence-corrected chi connectivity index (χ4v) is 5.58. The van der Waals surface area contributed by atoms with Crippen LogP contribution in [0, 0.1) is 0 Å². The number of carbonyl (C=O) groups is 1. The van der Waals surface area contributed by atoms with E-state index in [1.807, 2.05) is 48.7 Å². The number of para-hydroxylation sites is 1. The van der Waals surface area contributed by atoms with Crippen molar-refractivity contribution in [1.29, 1.82) is 0 Å². The van der Waals surface area contributed by atoms with E-state index in [2.05, 4.69) is 68.4 Å². The van der Waals surface area contributed by atoms with E-state index in [9.17, 15) is 4.79 Å². The summed E-state index contributed by atoms with van der Waals surface area (Å²) in [5.41, 5.74) is 5.55. The monoisotopic (exact) mass is 584 g/mol. The minimum atomic E-state index is -0.383. The van der Waals surface area contributed by atoms with Gasteiger partial charge in [0.2, 0.25) is 5.91 Å². The number of nitrogens with one attached hydrogen (secondary N) is 2. The molecule has 0 aliphatic carbocycles. The maximum atomic E-state index is 13.4. The largest absolute Gasteiger partial charge is 0.497 e. The van der Waals surface area contributed by atoms with Crippen molar-refractivity contribution < 1.29 is 9.53 Å². The van der Waals surface area contributed by atoms with Gasteiger partial charge in [-0.05, 0) is 59.4 Å². The van der Waals surface area contributed by atoms with Crippen LogP contribution in [-0.4, -0.2) is 37.7 Å². The van der Waals surface area contributed by atoms with Crippen LogP contribution in [-0.2, 0) is 37.0 Å². The smallest absolute Gasteiger partial charge is 0.220 e. The normalized spacial score (nSPS) is 11.8. The molecule has 0 fully saturated rings. The van der Waals surface area contributed by atoms with Crippen LogP contribution in [0.25, 0.3) is 10.9 Å². The van der Waals surface area contributed by atoms with Crippen LogP contribution in [0.2, 0.25) is 0 Å². The Morgan fingerprint density at radius 1 is 0.864 bits per heavy atom. The van der Waals surface area contributed by atoms with E-state index in [1.165, 1.54) is 5.56 Å². The van der Waals surface area contributed by atoms with E-state index in [0.717, 1.165) is 57.8 Å². The average molecular weight is 585 g/mol. The number of amides is 1. The first-order valence-corrected chi connectivity index (χ1v) is 15.0. The fraction of sp³-hybridized carbons (Fsp3) is 0.222. The summed E-state index contributed by atoms with van der Waals surface area (Å²) in [5.74, 6) is 2.39. The van der Waals surface area contributed by atoms with Crippen LogP contribution in [0.3, 0.4) is 0 Å². The third kappa shape index (κ3) is 7.03. The Kier molecular flexibility index (Phi) is 9.07. The molecule has 0 saturated carbocycles. The van der Waals surface area contributed by atoms with E-state index in [-0.39, 0.29) is 11.9 Å². The minimum absolute atomic E-state index is 0.0384. The predicted molar refractivity (Wildman–Crippen MR) is 171 cm³/mol. The summed E-state index contributed by atoms with van der Waals surface area (Å²) in [7, 11) is 1.67. The molecule has 0 radical (unpaired) electrons. The van der Waals surface area contributed by atoms with Gasteiger partial charge in [0, 0.05) is 48.8 Å². The first-order valence-electron chi connectivity index (χ1n) is 15.0. The van der Waals surface area contributed by atoms with E-state index in [4.69, 9.17) is 14.9 Å². The minimum Gasteiger partial charge on any atom is -0.497 e. The number of methoxy groups -OCH3 is 1. The molecule has 1 atom stereocenters. The summed E-state index contributed by atoms with van der Waals surface area (Å²) in [6, 6.07) is 30.2. The number of benzene rings is 3. The Balaban J connectivity index is 1.33. The van der Waals surface area contributed by atoms with E-state index < -0.39 is 0 Å². The van der Waals surface area contributed by atoms with Crippen molar-refractivity contribution in [3.05, 3.63) is 143 Å². The van der Waals surface area contributed by atoms with Gasteiger partial charge in [-0.2, -0.15) is 0 Å². The highest BCUT2D eigenvalue weighted by atomic mass is 16.5. The molecule has 6 rings (SSSR count). The highest BCUT2D eigenvalue weighted by Crippen LogP contribution is 2.26. The number of H-pyrrole nitrogens is 1. The second-order valence-electron chi connectivity index (χ2n) is 10.9. The van der Waals surface area contributed by atoms with Crippen LogP contribution in [0.4, 0.5) is 0 Å². The number of nitrogens with zero attached hydrogens (tertiary/aromatic N) is 4. The number of pyridine rings is 1. The molecule has 3 aromatic heterocycles. The molecule has 6 aromatic rings. The van der Waals surface area contributed by atoms with Gasteiger partial charge in [0.15, 0.2) is 5.82 Å². The standard InChI is InChI=1S/C36H36N6O2/c1-44-30-17-13-28(14-18-30)25-42-34(19-15-26-8-3-2-4-9-26)40-41-36(42)33(22-29-24-38-32-12-6-5-11-31(29)32)39-35(43)20-16-27-10-7-21-37-23-27/h2-14,17-18,21,23-24,33,38H,15-16,19-20,22,25H2,1H3,(H,39,43). The molecule has 0 spiro atoms. The predicted octanol–water partition coefficient (Wildman–Crippen LogP) is 6.03. The molecule has 8 heteroatoms. The summed E-state index contributed by atoms with van der Waals surface area (Å²) < 4.78 is 7.56. The number of ether oxygens (including phenoxy) is 1. The van der Waals surface area contributed by atoms with E-state index in [1.54, 1.807) is 19.5 Å². The zero-order chi connectivity index (χ0) is 30.1. The number of fused-ring (bicyclic) bond motifs is 1. The second kappa shape index (κ2) is 13.8. The summed E-state index contributed by atoms with van der Waals surface area (Å²) >= 11 is 0. The molecule has 2 N–H and O–H groups in total.